The quantitative estimate of drug-likeness (QED) is 0.260. The van der Waals surface area contributed by atoms with Crippen LogP contribution >= 0.6 is 0 Å². The molecule has 0 atom stereocenters. The summed E-state index contributed by atoms with van der Waals surface area (Å²) in [6.07, 6.45) is 6.85. The molecule has 0 N–H and O–H groups in total. The molecule has 28 heavy (non-hydrogen) atoms. The van der Waals surface area contributed by atoms with E-state index in [1.54, 1.807) is 26.7 Å². The summed E-state index contributed by atoms with van der Waals surface area (Å²) < 4.78 is 6.01. The van der Waals surface area contributed by atoms with Crippen LogP contribution in [0.4, 0.5) is 0 Å². The van der Waals surface area contributed by atoms with Crippen LogP contribution in [0, 0.1) is 0 Å². The summed E-state index contributed by atoms with van der Waals surface area (Å²) in [6, 6.07) is 9.49. The van der Waals surface area contributed by atoms with Crippen LogP contribution in [0.3, 0.4) is 0 Å². The van der Waals surface area contributed by atoms with Gasteiger partial charge in [0.05, 0.1) is 0 Å². The van der Waals surface area contributed by atoms with Gasteiger partial charge in [0.15, 0.2) is 0 Å². The van der Waals surface area contributed by atoms with Crippen LogP contribution in [-0.4, -0.2) is 57.3 Å². The first-order valence-electron chi connectivity index (χ1n) is 9.21. The average Bonchev–Trinajstić information content (AvgIpc) is 3.48. The molecule has 3 nitrogen and oxygen atoms in total. The van der Waals surface area contributed by atoms with Crippen LogP contribution in [0.2, 0.25) is 0 Å². The van der Waals surface area contributed by atoms with Gasteiger partial charge in [-0.25, -0.2) is 0 Å². The number of rotatable bonds is 2. The first-order valence-corrected chi connectivity index (χ1v) is 14.1. The van der Waals surface area contributed by atoms with E-state index in [2.05, 4.69) is 27.2 Å². The van der Waals surface area contributed by atoms with E-state index in [-0.39, 0.29) is 52.4 Å². The summed E-state index contributed by atoms with van der Waals surface area (Å²) in [5.74, 6) is -0.280. The number of allylic oxidation sites excluding steroid dienone is 5. The predicted octanol–water partition coefficient (Wildman–Crippen LogP) is 3.49. The molecule has 0 fully saturated rings. The van der Waals surface area contributed by atoms with Crippen LogP contribution in [0.15, 0.2) is 69.5 Å². The topological polar surface area (TPSA) is 37.4 Å². The Labute approximate surface area is 181 Å². The third-order valence-corrected chi connectivity index (χ3v) is 14.1. The van der Waals surface area contributed by atoms with Crippen molar-refractivity contribution in [2.24, 2.45) is 0 Å². The van der Waals surface area contributed by atoms with E-state index in [4.69, 9.17) is 0 Å². The van der Waals surface area contributed by atoms with Crippen molar-refractivity contribution in [3.63, 3.8) is 0 Å². The molecule has 0 saturated carbocycles. The number of ketones is 2. The van der Waals surface area contributed by atoms with Crippen molar-refractivity contribution in [2.75, 3.05) is 0 Å². The summed E-state index contributed by atoms with van der Waals surface area (Å²) in [5.41, 5.74) is 5.35. The Morgan fingerprint density at radius 2 is 1.75 bits per heavy atom. The fourth-order valence-corrected chi connectivity index (χ4v) is 13.2. The van der Waals surface area contributed by atoms with E-state index < -0.39 is 0 Å². The third-order valence-electron chi connectivity index (χ3n) is 5.71. The zero-order valence-corrected chi connectivity index (χ0v) is 19.6. The van der Waals surface area contributed by atoms with E-state index in [1.807, 2.05) is 19.6 Å². The van der Waals surface area contributed by atoms with Crippen LogP contribution in [-0.2, 0) is 13.1 Å². The van der Waals surface area contributed by atoms with Gasteiger partial charge in [-0.1, -0.05) is 0 Å². The Morgan fingerprint density at radius 1 is 0.964 bits per heavy atom. The van der Waals surface area contributed by atoms with Gasteiger partial charge in [-0.05, 0) is 0 Å². The van der Waals surface area contributed by atoms with E-state index in [9.17, 15) is 9.59 Å². The number of carbonyl (C=O) groups is 2. The molecule has 2 aromatic heterocycles. The SMILES string of the molecule is O=C1C(=CC2=CC=C(N3Cc4[te]c5[te]ccc5c4C3)C2)C(=O)c2ccccc21. The molecule has 3 aromatic rings. The number of nitrogens with zero attached hydrogens (tertiary/aromatic N) is 1. The standard InChI is InChI=1S/C23H15NO2Te2/c25-21-15-3-1-2-4-16(15)22(26)18(21)10-13-5-6-14(9-13)24-11-19-17-7-8-27-23(17)28-20(19)12-24/h1-8,10H,9,11-12H2. The first-order chi connectivity index (χ1) is 13.7. The Kier molecular flexibility index (Phi) is 3.97. The normalized spacial score (nSPS) is 18.0. The molecule has 0 spiro atoms. The fourth-order valence-electron chi connectivity index (χ4n) is 4.28. The maximum atomic E-state index is 12.6. The minimum absolute atomic E-state index is 0.0245. The Balaban J connectivity index is 1.21. The van der Waals surface area contributed by atoms with E-state index in [1.165, 1.54) is 5.70 Å². The molecule has 5 heteroatoms. The number of fused-ring (bicyclic) bond motifs is 4. The van der Waals surface area contributed by atoms with Crippen molar-refractivity contribution in [3.8, 4) is 0 Å². The molecule has 0 amide bonds. The molecular formula is C23H15NO2Te2. The fraction of sp³-hybridized carbons (Fsp3) is 0.130. The van der Waals surface area contributed by atoms with E-state index in [0.717, 1.165) is 25.1 Å². The van der Waals surface area contributed by atoms with Crippen LogP contribution in [0.1, 0.15) is 36.3 Å². The van der Waals surface area contributed by atoms with E-state index in [0.29, 0.717) is 16.7 Å². The molecule has 2 aliphatic carbocycles. The molecule has 136 valence electrons. The van der Waals surface area contributed by atoms with Crippen molar-refractivity contribution in [1.29, 1.82) is 0 Å². The van der Waals surface area contributed by atoms with Crippen LogP contribution in [0.25, 0.3) is 6.80 Å². The van der Waals surface area contributed by atoms with Gasteiger partial charge in [-0.2, -0.15) is 0 Å². The van der Waals surface area contributed by atoms with Gasteiger partial charge in [0.2, 0.25) is 0 Å². The van der Waals surface area contributed by atoms with Gasteiger partial charge in [0.25, 0.3) is 0 Å². The van der Waals surface area contributed by atoms with Gasteiger partial charge < -0.3 is 0 Å². The van der Waals surface area contributed by atoms with Crippen molar-refractivity contribution in [3.05, 3.63) is 89.8 Å². The van der Waals surface area contributed by atoms with Crippen LogP contribution in [0.5, 0.6) is 0 Å². The number of hydrogen-bond acceptors (Lipinski definition) is 3. The molecule has 1 aliphatic heterocycles. The minimum atomic E-state index is -0.140. The van der Waals surface area contributed by atoms with Gasteiger partial charge in [0, 0.05) is 0 Å². The third kappa shape index (κ3) is 2.54. The molecule has 0 saturated heterocycles. The van der Waals surface area contributed by atoms with Gasteiger partial charge in [-0.15, -0.1) is 0 Å². The zero-order valence-electron chi connectivity index (χ0n) is 14.9. The van der Waals surface area contributed by atoms with Gasteiger partial charge in [-0.3, -0.25) is 0 Å². The molecular weight excluding hydrogens is 577 g/mol. The number of Topliss-reactive ketones (excluding diaryl/α,β-unsaturated/α-hetero) is 2. The molecule has 6 rings (SSSR count). The van der Waals surface area contributed by atoms with Crippen molar-refractivity contribution >= 4 is 59.2 Å². The summed E-state index contributed by atoms with van der Waals surface area (Å²) >= 11 is -0.0532. The molecule has 0 bridgehead atoms. The Hall–Kier alpha value is -1.62. The second-order valence-corrected chi connectivity index (χ2v) is 15.6. The average molecular weight is 593 g/mol. The summed E-state index contributed by atoms with van der Waals surface area (Å²) in [6.45, 7) is 2.11. The molecule has 0 unspecified atom stereocenters. The second kappa shape index (κ2) is 6.44. The van der Waals surface area contributed by atoms with Crippen molar-refractivity contribution in [2.45, 2.75) is 19.5 Å². The number of benzene rings is 1. The van der Waals surface area contributed by atoms with Crippen LogP contribution < -0.4 is 0 Å². The monoisotopic (exact) mass is 597 g/mol. The van der Waals surface area contributed by atoms with Gasteiger partial charge >= 0.3 is 183 Å². The molecule has 0 radical (unpaired) electrons. The number of carbonyl (C=O) groups excluding carboxylic acids is 2. The van der Waals surface area contributed by atoms with Crippen molar-refractivity contribution < 1.29 is 9.59 Å². The zero-order chi connectivity index (χ0) is 18.8. The predicted molar refractivity (Wildman–Crippen MR) is 111 cm³/mol. The molecule has 3 aliphatic rings. The van der Waals surface area contributed by atoms with Crippen molar-refractivity contribution in [1.82, 2.24) is 4.90 Å². The number of hydrogen-bond donors (Lipinski definition) is 0. The Morgan fingerprint density at radius 3 is 2.54 bits per heavy atom. The Bertz CT molecular complexity index is 1250. The second-order valence-electron chi connectivity index (χ2n) is 7.32. The molecule has 1 aromatic carbocycles. The van der Waals surface area contributed by atoms with E-state index >= 15 is 0 Å². The summed E-state index contributed by atoms with van der Waals surface area (Å²) in [7, 11) is 0. The molecule has 3 heterocycles. The first kappa shape index (κ1) is 17.3. The van der Waals surface area contributed by atoms with Gasteiger partial charge in [0.1, 0.15) is 0 Å². The summed E-state index contributed by atoms with van der Waals surface area (Å²) in [4.78, 5) is 27.7. The maximum absolute atomic E-state index is 12.6. The summed E-state index contributed by atoms with van der Waals surface area (Å²) in [5, 5.41) is 1.59.